The van der Waals surface area contributed by atoms with Gasteiger partial charge in [0.2, 0.25) is 5.88 Å². The Bertz CT molecular complexity index is 293. The van der Waals surface area contributed by atoms with Gasteiger partial charge in [0.05, 0.1) is 11.6 Å². The molecule has 1 aromatic heterocycles. The highest BCUT2D eigenvalue weighted by molar-refractivity contribution is 9.10. The minimum absolute atomic E-state index is 0.399. The number of nitrogens with zero attached hydrogens (tertiary/aromatic N) is 1. The highest BCUT2D eigenvalue weighted by Crippen LogP contribution is 2.30. The third-order valence-corrected chi connectivity index (χ3v) is 2.53. The molecule has 1 heterocycles. The fraction of sp³-hybridized carbons (Fsp3) is 0.286. The van der Waals surface area contributed by atoms with E-state index >= 15 is 0 Å². The molecule has 2 nitrogen and oxygen atoms in total. The van der Waals surface area contributed by atoms with Gasteiger partial charge in [-0.05, 0) is 28.9 Å². The Morgan fingerprint density at radius 2 is 2.17 bits per heavy atom. The summed E-state index contributed by atoms with van der Waals surface area (Å²) >= 11 is 14.7. The van der Waals surface area contributed by atoms with Gasteiger partial charge in [0.15, 0.2) is 0 Å². The van der Waals surface area contributed by atoms with Crippen molar-refractivity contribution >= 4 is 39.1 Å². The molecule has 0 atom stereocenters. The van der Waals surface area contributed by atoms with E-state index in [0.29, 0.717) is 27.1 Å². The molecule has 1 aromatic rings. The van der Waals surface area contributed by atoms with Gasteiger partial charge in [-0.15, -0.1) is 0 Å². The Kier molecular flexibility index (Phi) is 3.62. The molecule has 0 saturated heterocycles. The second-order valence-electron chi connectivity index (χ2n) is 1.98. The van der Waals surface area contributed by atoms with Crippen LogP contribution in [0.5, 0.6) is 5.88 Å². The zero-order chi connectivity index (χ0) is 9.14. The summed E-state index contributed by atoms with van der Waals surface area (Å²) in [5.41, 5.74) is 0. The quantitative estimate of drug-likeness (QED) is 0.767. The molecule has 0 unspecified atom stereocenters. The predicted molar refractivity (Wildman–Crippen MR) is 53.1 cm³/mol. The molecule has 5 heteroatoms. The highest BCUT2D eigenvalue weighted by Gasteiger charge is 2.07. The van der Waals surface area contributed by atoms with E-state index < -0.39 is 0 Å². The third kappa shape index (κ3) is 2.25. The van der Waals surface area contributed by atoms with Crippen LogP contribution in [0.25, 0.3) is 0 Å². The number of aromatic nitrogens is 1. The van der Waals surface area contributed by atoms with Crippen molar-refractivity contribution in [2.24, 2.45) is 0 Å². The minimum atomic E-state index is 0.399. The first-order valence-electron chi connectivity index (χ1n) is 3.29. The molecule has 0 aliphatic carbocycles. The number of hydrogen-bond donors (Lipinski definition) is 0. The Labute approximate surface area is 89.0 Å². The monoisotopic (exact) mass is 269 g/mol. The highest BCUT2D eigenvalue weighted by atomic mass is 79.9. The maximum Gasteiger partial charge on any atom is 0.233 e. The lowest BCUT2D eigenvalue weighted by Crippen LogP contribution is -1.95. The first kappa shape index (κ1) is 10.1. The van der Waals surface area contributed by atoms with Crippen molar-refractivity contribution < 1.29 is 4.74 Å². The number of rotatable bonds is 2. The summed E-state index contributed by atoms with van der Waals surface area (Å²) in [5, 5.41) is 0.897. The van der Waals surface area contributed by atoms with Crippen LogP contribution >= 0.6 is 39.1 Å². The van der Waals surface area contributed by atoms with E-state index in [0.717, 1.165) is 0 Å². The molecule has 0 aromatic carbocycles. The van der Waals surface area contributed by atoms with Gasteiger partial charge in [0.1, 0.15) is 9.63 Å². The van der Waals surface area contributed by atoms with Crippen LogP contribution in [0.15, 0.2) is 10.7 Å². The van der Waals surface area contributed by atoms with Crippen molar-refractivity contribution in [2.45, 2.75) is 6.92 Å². The molecule has 0 aliphatic rings. The normalized spacial score (nSPS) is 10.0. The average molecular weight is 271 g/mol. The van der Waals surface area contributed by atoms with Crippen molar-refractivity contribution in [1.82, 2.24) is 4.98 Å². The Hall–Kier alpha value is 0.01000. The van der Waals surface area contributed by atoms with Crippen LogP contribution in [0.1, 0.15) is 6.92 Å². The minimum Gasteiger partial charge on any atom is -0.477 e. The van der Waals surface area contributed by atoms with Gasteiger partial charge in [-0.3, -0.25) is 0 Å². The van der Waals surface area contributed by atoms with E-state index in [-0.39, 0.29) is 0 Å². The third-order valence-electron chi connectivity index (χ3n) is 1.14. The summed E-state index contributed by atoms with van der Waals surface area (Å²) in [6.45, 7) is 2.39. The molecule has 12 heavy (non-hydrogen) atoms. The maximum absolute atomic E-state index is 5.79. The lowest BCUT2D eigenvalue weighted by atomic mass is 10.5. The molecular formula is C7H6BrCl2NO. The van der Waals surface area contributed by atoms with Gasteiger partial charge < -0.3 is 4.74 Å². The Morgan fingerprint density at radius 3 is 2.75 bits per heavy atom. The molecule has 0 spiro atoms. The molecule has 66 valence electrons. The molecule has 1 rings (SSSR count). The van der Waals surface area contributed by atoms with E-state index in [2.05, 4.69) is 20.9 Å². The van der Waals surface area contributed by atoms with Gasteiger partial charge >= 0.3 is 0 Å². The zero-order valence-corrected chi connectivity index (χ0v) is 9.37. The fourth-order valence-electron chi connectivity index (χ4n) is 0.666. The molecular weight excluding hydrogens is 265 g/mol. The number of ether oxygens (including phenoxy) is 1. The first-order chi connectivity index (χ1) is 5.65. The Balaban J connectivity index is 3.05. The van der Waals surface area contributed by atoms with E-state index in [9.17, 15) is 0 Å². The second-order valence-corrected chi connectivity index (χ2v) is 3.55. The van der Waals surface area contributed by atoms with Gasteiger partial charge in [0.25, 0.3) is 0 Å². The van der Waals surface area contributed by atoms with Crippen molar-refractivity contribution in [3.05, 3.63) is 20.7 Å². The molecule has 0 radical (unpaired) electrons. The Morgan fingerprint density at radius 1 is 1.50 bits per heavy atom. The van der Waals surface area contributed by atoms with Crippen LogP contribution in [-0.2, 0) is 0 Å². The molecule has 0 aliphatic heterocycles. The summed E-state index contributed by atoms with van der Waals surface area (Å²) in [5.74, 6) is 0.399. The number of hydrogen-bond acceptors (Lipinski definition) is 2. The summed E-state index contributed by atoms with van der Waals surface area (Å²) < 4.78 is 5.68. The van der Waals surface area contributed by atoms with Crippen molar-refractivity contribution in [3.8, 4) is 5.88 Å². The SMILES string of the molecule is CCOc1nc(Br)c(Cl)cc1Cl. The van der Waals surface area contributed by atoms with Crippen LogP contribution in [0.2, 0.25) is 10.0 Å². The topological polar surface area (TPSA) is 22.1 Å². The van der Waals surface area contributed by atoms with Crippen molar-refractivity contribution in [1.29, 1.82) is 0 Å². The lowest BCUT2D eigenvalue weighted by molar-refractivity contribution is 0.326. The van der Waals surface area contributed by atoms with Crippen LogP contribution in [0, 0.1) is 0 Å². The van der Waals surface area contributed by atoms with Gasteiger partial charge in [-0.25, -0.2) is 4.98 Å². The number of pyridine rings is 1. The van der Waals surface area contributed by atoms with E-state index in [1.54, 1.807) is 6.07 Å². The van der Waals surface area contributed by atoms with Crippen molar-refractivity contribution in [3.63, 3.8) is 0 Å². The molecule has 0 bridgehead atoms. The molecule has 0 N–H and O–H groups in total. The molecule has 0 fully saturated rings. The van der Waals surface area contributed by atoms with Crippen LogP contribution in [0.4, 0.5) is 0 Å². The maximum atomic E-state index is 5.79. The van der Waals surface area contributed by atoms with Gasteiger partial charge in [-0.2, -0.15) is 0 Å². The van der Waals surface area contributed by atoms with Gasteiger partial charge in [0, 0.05) is 0 Å². The second kappa shape index (κ2) is 4.30. The summed E-state index contributed by atoms with van der Waals surface area (Å²) in [6.07, 6.45) is 0. The van der Waals surface area contributed by atoms with E-state index in [1.807, 2.05) is 6.92 Å². The van der Waals surface area contributed by atoms with Crippen LogP contribution < -0.4 is 4.74 Å². The largest absolute Gasteiger partial charge is 0.477 e. The smallest absolute Gasteiger partial charge is 0.233 e. The van der Waals surface area contributed by atoms with Gasteiger partial charge in [-0.1, -0.05) is 23.2 Å². The van der Waals surface area contributed by atoms with Crippen LogP contribution in [-0.4, -0.2) is 11.6 Å². The number of halogens is 3. The summed E-state index contributed by atoms with van der Waals surface area (Å²) in [6, 6.07) is 1.59. The zero-order valence-electron chi connectivity index (χ0n) is 6.27. The molecule has 0 amide bonds. The summed E-state index contributed by atoms with van der Waals surface area (Å²) in [7, 11) is 0. The standard InChI is InChI=1S/C7H6BrCl2NO/c1-2-12-7-5(10)3-4(9)6(8)11-7/h3H,2H2,1H3. The predicted octanol–water partition coefficient (Wildman–Crippen LogP) is 3.55. The summed E-state index contributed by atoms with van der Waals surface area (Å²) in [4.78, 5) is 3.99. The fourth-order valence-corrected chi connectivity index (χ4v) is 1.36. The lowest BCUT2D eigenvalue weighted by Gasteiger charge is -2.04. The van der Waals surface area contributed by atoms with E-state index in [4.69, 9.17) is 27.9 Å². The molecule has 0 saturated carbocycles. The van der Waals surface area contributed by atoms with E-state index in [1.165, 1.54) is 0 Å². The van der Waals surface area contributed by atoms with Crippen LogP contribution in [0.3, 0.4) is 0 Å². The average Bonchev–Trinajstić information content (AvgIpc) is 2.01. The van der Waals surface area contributed by atoms with Crippen molar-refractivity contribution in [2.75, 3.05) is 6.61 Å². The first-order valence-corrected chi connectivity index (χ1v) is 4.84.